The third-order valence-electron chi connectivity index (χ3n) is 6.30. The number of halogens is 6. The summed E-state index contributed by atoms with van der Waals surface area (Å²) in [6.07, 6.45) is -7.96. The number of alkyl halides is 6. The number of nitrogens with zero attached hydrogens (tertiary/aromatic N) is 1. The van der Waals surface area contributed by atoms with Crippen molar-refractivity contribution in [3.63, 3.8) is 0 Å². The predicted octanol–water partition coefficient (Wildman–Crippen LogP) is 6.32. The number of carbonyl (C=O) groups is 1. The van der Waals surface area contributed by atoms with Crippen molar-refractivity contribution in [3.8, 4) is 0 Å². The fraction of sp³-hybridized carbons (Fsp3) is 0.435. The molecule has 0 unspecified atom stereocenters. The maximum absolute atomic E-state index is 13.2. The first-order chi connectivity index (χ1) is 15.3. The molecule has 0 aromatic heterocycles. The Morgan fingerprint density at radius 1 is 1.00 bits per heavy atom. The maximum atomic E-state index is 13.2. The van der Waals surface area contributed by atoms with Crippen LogP contribution in [0.2, 0.25) is 0 Å². The van der Waals surface area contributed by atoms with Gasteiger partial charge in [0.25, 0.3) is 0 Å². The van der Waals surface area contributed by atoms with Crippen LogP contribution >= 0.6 is 0 Å². The van der Waals surface area contributed by atoms with Gasteiger partial charge < -0.3 is 10.4 Å². The van der Waals surface area contributed by atoms with E-state index in [4.69, 9.17) is 0 Å². The third-order valence-corrected chi connectivity index (χ3v) is 6.30. The van der Waals surface area contributed by atoms with E-state index in [1.807, 2.05) is 12.1 Å². The molecule has 2 aliphatic rings. The van der Waals surface area contributed by atoms with Crippen molar-refractivity contribution in [3.05, 3.63) is 63.7 Å². The smallest absolute Gasteiger partial charge is 0.416 e. The molecule has 1 aliphatic heterocycles. The zero-order chi connectivity index (χ0) is 24.1. The fourth-order valence-electron chi connectivity index (χ4n) is 4.78. The van der Waals surface area contributed by atoms with Gasteiger partial charge in [-0.2, -0.15) is 26.3 Å². The average Bonchev–Trinajstić information content (AvgIpc) is 3.16. The molecule has 0 bridgehead atoms. The Morgan fingerprint density at radius 2 is 1.58 bits per heavy atom. The Hall–Kier alpha value is -2.75. The van der Waals surface area contributed by atoms with Crippen LogP contribution in [0.3, 0.4) is 0 Å². The minimum absolute atomic E-state index is 0.107. The van der Waals surface area contributed by atoms with E-state index in [1.54, 1.807) is 6.92 Å². The first kappa shape index (κ1) is 23.4. The van der Waals surface area contributed by atoms with E-state index >= 15 is 0 Å². The summed E-state index contributed by atoms with van der Waals surface area (Å²) in [4.78, 5) is 13.1. The van der Waals surface area contributed by atoms with Crippen molar-refractivity contribution in [1.82, 2.24) is 5.32 Å². The number of anilines is 1. The fourth-order valence-corrected chi connectivity index (χ4v) is 4.78. The third kappa shape index (κ3) is 4.66. The van der Waals surface area contributed by atoms with Gasteiger partial charge in [-0.05, 0) is 79.1 Å². The lowest BCUT2D eigenvalue weighted by Gasteiger charge is -2.38. The molecule has 2 aromatic rings. The van der Waals surface area contributed by atoms with E-state index < -0.39 is 41.7 Å². The van der Waals surface area contributed by atoms with Crippen LogP contribution in [0.25, 0.3) is 0 Å². The van der Waals surface area contributed by atoms with Crippen molar-refractivity contribution < 1.29 is 36.2 Å². The molecule has 2 N–H and O–H groups in total. The average molecular weight is 472 g/mol. The highest BCUT2D eigenvalue weighted by atomic mass is 19.4. The van der Waals surface area contributed by atoms with E-state index in [-0.39, 0.29) is 18.2 Å². The van der Waals surface area contributed by atoms with E-state index in [0.717, 1.165) is 30.4 Å². The molecule has 4 nitrogen and oxygen atoms in total. The molecule has 2 atom stereocenters. The van der Waals surface area contributed by atoms with Crippen molar-refractivity contribution in [2.75, 3.05) is 4.90 Å². The Balaban J connectivity index is 1.67. The molecule has 4 rings (SSSR count). The Bertz CT molecular complexity index is 1050. The van der Waals surface area contributed by atoms with Crippen LogP contribution < -0.4 is 10.2 Å². The molecule has 0 saturated heterocycles. The van der Waals surface area contributed by atoms with Crippen LogP contribution in [-0.4, -0.2) is 17.2 Å². The zero-order valence-electron chi connectivity index (χ0n) is 17.6. The molecule has 178 valence electrons. The molecule has 2 aromatic carbocycles. The number of benzene rings is 2. The number of nitrogens with one attached hydrogen (secondary N) is 1. The highest BCUT2D eigenvalue weighted by Crippen LogP contribution is 2.41. The van der Waals surface area contributed by atoms with Gasteiger partial charge in [0.15, 0.2) is 0 Å². The molecule has 0 fully saturated rings. The number of carboxylic acid groups (broad SMARTS) is 1. The summed E-state index contributed by atoms with van der Waals surface area (Å²) in [5.41, 5.74) is 0.508. The van der Waals surface area contributed by atoms with E-state index in [1.165, 1.54) is 4.90 Å². The second-order valence-corrected chi connectivity index (χ2v) is 8.62. The molecule has 0 radical (unpaired) electrons. The number of rotatable bonds is 3. The molecular weight excluding hydrogens is 450 g/mol. The van der Waals surface area contributed by atoms with Gasteiger partial charge in [0, 0.05) is 18.6 Å². The molecule has 1 amide bonds. The Kier molecular flexibility index (Phi) is 5.84. The molecule has 0 spiro atoms. The SMILES string of the molecule is C[C@H]1C[C@@H](NCc2cc(C(F)(F)F)cc(C(F)(F)F)c2)c2cc3c(cc2N1C(=O)O)CCC3. The number of aryl methyl sites for hydroxylation is 2. The summed E-state index contributed by atoms with van der Waals surface area (Å²) < 4.78 is 79.1. The molecule has 0 saturated carbocycles. The van der Waals surface area contributed by atoms with Crippen LogP contribution in [0.1, 0.15) is 59.2 Å². The molecule has 10 heteroatoms. The summed E-state index contributed by atoms with van der Waals surface area (Å²) >= 11 is 0. The van der Waals surface area contributed by atoms with Crippen LogP contribution in [0.15, 0.2) is 30.3 Å². The van der Waals surface area contributed by atoms with Gasteiger partial charge >= 0.3 is 18.4 Å². The van der Waals surface area contributed by atoms with Crippen LogP contribution in [0.4, 0.5) is 36.8 Å². The van der Waals surface area contributed by atoms with E-state index in [0.29, 0.717) is 29.8 Å². The van der Waals surface area contributed by atoms with Gasteiger partial charge in [-0.15, -0.1) is 0 Å². The van der Waals surface area contributed by atoms with Crippen molar-refractivity contribution in [2.24, 2.45) is 0 Å². The highest BCUT2D eigenvalue weighted by molar-refractivity contribution is 5.89. The quantitative estimate of drug-likeness (QED) is 0.514. The van der Waals surface area contributed by atoms with Crippen molar-refractivity contribution in [2.45, 2.75) is 63.6 Å². The summed E-state index contributed by atoms with van der Waals surface area (Å²) in [5, 5.41) is 12.8. The Morgan fingerprint density at radius 3 is 2.12 bits per heavy atom. The van der Waals surface area contributed by atoms with Gasteiger partial charge in [-0.25, -0.2) is 4.79 Å². The lowest BCUT2D eigenvalue weighted by atomic mass is 9.89. The van der Waals surface area contributed by atoms with Gasteiger partial charge in [0.1, 0.15) is 0 Å². The van der Waals surface area contributed by atoms with Crippen molar-refractivity contribution in [1.29, 1.82) is 0 Å². The summed E-state index contributed by atoms with van der Waals surface area (Å²) in [7, 11) is 0. The minimum atomic E-state index is -4.91. The van der Waals surface area contributed by atoms with Crippen molar-refractivity contribution >= 4 is 11.8 Å². The lowest BCUT2D eigenvalue weighted by Crippen LogP contribution is -2.45. The monoisotopic (exact) mass is 472 g/mol. The molecular formula is C23H22F6N2O2. The largest absolute Gasteiger partial charge is 0.465 e. The van der Waals surface area contributed by atoms with E-state index in [2.05, 4.69) is 5.32 Å². The minimum Gasteiger partial charge on any atom is -0.465 e. The topological polar surface area (TPSA) is 52.6 Å². The number of fused-ring (bicyclic) bond motifs is 2. The number of hydrogen-bond donors (Lipinski definition) is 2. The number of amides is 1. The van der Waals surface area contributed by atoms with Gasteiger partial charge in [0.2, 0.25) is 0 Å². The second-order valence-electron chi connectivity index (χ2n) is 8.62. The summed E-state index contributed by atoms with van der Waals surface area (Å²) in [6.45, 7) is 1.50. The van der Waals surface area contributed by atoms with Gasteiger partial charge in [-0.3, -0.25) is 4.90 Å². The molecule has 33 heavy (non-hydrogen) atoms. The highest BCUT2D eigenvalue weighted by Gasteiger charge is 2.38. The van der Waals surface area contributed by atoms with Gasteiger partial charge in [0.05, 0.1) is 16.8 Å². The molecule has 1 aliphatic carbocycles. The Labute approximate surface area is 186 Å². The zero-order valence-corrected chi connectivity index (χ0v) is 17.6. The summed E-state index contributed by atoms with van der Waals surface area (Å²) in [6, 6.07) is 4.46. The van der Waals surface area contributed by atoms with Crippen LogP contribution in [-0.2, 0) is 31.7 Å². The van der Waals surface area contributed by atoms with E-state index in [9.17, 15) is 36.2 Å². The predicted molar refractivity (Wildman–Crippen MR) is 109 cm³/mol. The summed E-state index contributed by atoms with van der Waals surface area (Å²) in [5.74, 6) is 0. The first-order valence-corrected chi connectivity index (χ1v) is 10.5. The van der Waals surface area contributed by atoms with Crippen LogP contribution in [0.5, 0.6) is 0 Å². The standard InChI is InChI=1S/C23H22F6N2O2/c1-12-5-19(18-8-14-3-2-4-15(14)9-20(18)31(12)21(32)33)30-11-13-6-16(22(24,25)26)10-17(7-13)23(27,28)29/h6-10,12,19,30H,2-5,11H2,1H3,(H,32,33)/t12-,19+/m0/s1. The lowest BCUT2D eigenvalue weighted by molar-refractivity contribution is -0.143. The normalized spacial score (nSPS) is 20.5. The molecule has 1 heterocycles. The maximum Gasteiger partial charge on any atom is 0.416 e. The van der Waals surface area contributed by atoms with Crippen LogP contribution in [0, 0.1) is 0 Å². The number of hydrogen-bond acceptors (Lipinski definition) is 2. The second kappa shape index (κ2) is 8.23. The first-order valence-electron chi connectivity index (χ1n) is 10.5. The van der Waals surface area contributed by atoms with Gasteiger partial charge in [-0.1, -0.05) is 6.07 Å².